The number of carbonyl (C=O) groups is 2. The zero-order valence-corrected chi connectivity index (χ0v) is 53.8. The first-order valence-corrected chi connectivity index (χ1v) is 35.1. The number of nitrogens with one attached hydrogen (secondary N) is 1. The maximum Gasteiger partial charge on any atom is 0.472 e. The minimum Gasteiger partial charge on any atom is -0.456 e. The van der Waals surface area contributed by atoms with Crippen molar-refractivity contribution in [2.75, 3.05) is 40.9 Å². The number of likely N-dealkylation sites (N-methyl/N-ethyl adjacent to an activating group) is 1. The lowest BCUT2D eigenvalue weighted by Crippen LogP contribution is -2.47. The second kappa shape index (κ2) is 58.9. The van der Waals surface area contributed by atoms with E-state index in [4.69, 9.17) is 13.8 Å². The first-order valence-electron chi connectivity index (χ1n) is 33.6. The Kier molecular flexibility index (Phi) is 57.2. The first kappa shape index (κ1) is 76.7. The van der Waals surface area contributed by atoms with Gasteiger partial charge in [0.2, 0.25) is 5.91 Å². The number of phosphoric ester groups is 1. The van der Waals surface area contributed by atoms with Crippen LogP contribution >= 0.6 is 7.82 Å². The Morgan fingerprint density at radius 3 is 1.19 bits per heavy atom. The van der Waals surface area contributed by atoms with Crippen molar-refractivity contribution in [2.45, 2.75) is 328 Å². The third-order valence-electron chi connectivity index (χ3n) is 14.9. The van der Waals surface area contributed by atoms with Crippen LogP contribution in [0.1, 0.15) is 316 Å². The molecule has 9 nitrogen and oxygen atoms in total. The Morgan fingerprint density at radius 1 is 0.443 bits per heavy atom. The molecule has 1 amide bonds. The Balaban J connectivity index is 5.11. The van der Waals surface area contributed by atoms with Crippen molar-refractivity contribution >= 4 is 19.7 Å². The van der Waals surface area contributed by atoms with Crippen molar-refractivity contribution in [1.29, 1.82) is 0 Å². The summed E-state index contributed by atoms with van der Waals surface area (Å²) in [6, 6.07) is -0.851. The van der Waals surface area contributed by atoms with Crippen molar-refractivity contribution in [3.8, 4) is 0 Å². The largest absolute Gasteiger partial charge is 0.472 e. The highest BCUT2D eigenvalue weighted by atomic mass is 31.2. The van der Waals surface area contributed by atoms with Gasteiger partial charge in [0.1, 0.15) is 19.3 Å². The maximum absolute atomic E-state index is 13.6. The van der Waals surface area contributed by atoms with Crippen LogP contribution in [-0.4, -0.2) is 74.3 Å². The van der Waals surface area contributed by atoms with Crippen molar-refractivity contribution in [3.63, 3.8) is 0 Å². The summed E-state index contributed by atoms with van der Waals surface area (Å²) in [5.74, 6) is -0.504. The van der Waals surface area contributed by atoms with E-state index in [1.165, 1.54) is 212 Å². The molecule has 10 heteroatoms. The van der Waals surface area contributed by atoms with Crippen LogP contribution in [0.3, 0.4) is 0 Å². The Bertz CT molecular complexity index is 1540. The molecule has 0 aliphatic carbocycles. The topological polar surface area (TPSA) is 111 Å². The van der Waals surface area contributed by atoms with Gasteiger partial charge < -0.3 is 19.4 Å². The van der Waals surface area contributed by atoms with Gasteiger partial charge in [0, 0.05) is 12.8 Å². The molecule has 0 radical (unpaired) electrons. The Morgan fingerprint density at radius 2 is 0.772 bits per heavy atom. The number of rotatable bonds is 61. The smallest absolute Gasteiger partial charge is 0.456 e. The minimum absolute atomic E-state index is 0.0388. The number of nitrogens with zero attached hydrogens (tertiary/aromatic N) is 1. The number of quaternary nitrogens is 1. The van der Waals surface area contributed by atoms with Gasteiger partial charge in [-0.1, -0.05) is 268 Å². The minimum atomic E-state index is -4.45. The first-order chi connectivity index (χ1) is 38.4. The lowest BCUT2D eigenvalue weighted by Gasteiger charge is -2.27. The molecule has 462 valence electrons. The number of hydrogen-bond donors (Lipinski definition) is 2. The molecule has 0 saturated carbocycles. The summed E-state index contributed by atoms with van der Waals surface area (Å²) in [5, 5.41) is 3.06. The van der Waals surface area contributed by atoms with Gasteiger partial charge >= 0.3 is 13.8 Å². The average molecular weight is 1130 g/mol. The fourth-order valence-electron chi connectivity index (χ4n) is 9.71. The quantitative estimate of drug-likeness (QED) is 0.0205. The molecule has 0 bridgehead atoms. The number of esters is 1. The predicted octanol–water partition coefficient (Wildman–Crippen LogP) is 21.0. The van der Waals surface area contributed by atoms with Crippen LogP contribution in [0.15, 0.2) is 60.8 Å². The van der Waals surface area contributed by atoms with Gasteiger partial charge in [-0.2, -0.15) is 0 Å². The van der Waals surface area contributed by atoms with Gasteiger partial charge in [0.15, 0.2) is 0 Å². The number of unbranched alkanes of at least 4 members (excludes halogenated alkanes) is 37. The van der Waals surface area contributed by atoms with E-state index >= 15 is 0 Å². The highest BCUT2D eigenvalue weighted by Gasteiger charge is 2.30. The van der Waals surface area contributed by atoms with Gasteiger partial charge in [-0.25, -0.2) is 4.57 Å². The van der Waals surface area contributed by atoms with E-state index < -0.39 is 20.0 Å². The summed E-state index contributed by atoms with van der Waals surface area (Å²) in [6.45, 7) is 7.00. The molecule has 0 saturated heterocycles. The van der Waals surface area contributed by atoms with Crippen LogP contribution in [0, 0.1) is 0 Å². The van der Waals surface area contributed by atoms with Gasteiger partial charge in [0.25, 0.3) is 0 Å². The van der Waals surface area contributed by atoms with Crippen molar-refractivity contribution in [3.05, 3.63) is 60.8 Å². The predicted molar refractivity (Wildman–Crippen MR) is 342 cm³/mol. The van der Waals surface area contributed by atoms with Crippen LogP contribution < -0.4 is 5.32 Å². The number of phosphoric acid groups is 1. The molecule has 0 rings (SSSR count). The molecule has 0 spiro atoms. The van der Waals surface area contributed by atoms with Crippen molar-refractivity contribution in [2.24, 2.45) is 0 Å². The van der Waals surface area contributed by atoms with Gasteiger partial charge in [-0.3, -0.25) is 18.6 Å². The standard InChI is InChI=1S/C69H129N2O7P/c1-7-10-13-16-19-22-25-27-29-31-33-34-35-36-38-40-42-44-47-50-53-56-59-62-69(73)78-67(60-57-54-51-48-45-24-21-18-15-12-9-3)66(65-77-79(74,75)76-64-63-71(4,5)6)70-68(72)61-58-55-52-49-46-43-41-39-37-32-30-28-26-23-20-17-14-11-8-2/h19,22,27-30,33-34,57,60,66-67H,7-18,20-21,23-26,31-32,35-56,58-59,61-65H2,1-6H3,(H-,70,72,74,75)/p+1/b22-19-,29-27-,30-28+,34-33-,60-57+. The summed E-state index contributed by atoms with van der Waals surface area (Å²) in [4.78, 5) is 37.8. The molecule has 3 atom stereocenters. The molecule has 2 N–H and O–H groups in total. The van der Waals surface area contributed by atoms with E-state index in [-0.39, 0.29) is 31.5 Å². The number of hydrogen-bond acceptors (Lipinski definition) is 6. The third kappa shape index (κ3) is 60.1. The summed E-state index contributed by atoms with van der Waals surface area (Å²) < 4.78 is 30.8. The molecule has 0 fully saturated rings. The summed E-state index contributed by atoms with van der Waals surface area (Å²) in [6.07, 6.45) is 75.1. The Labute approximate surface area is 490 Å². The van der Waals surface area contributed by atoms with Crippen LogP contribution in [0.4, 0.5) is 0 Å². The molecule has 0 aromatic rings. The van der Waals surface area contributed by atoms with Gasteiger partial charge in [-0.15, -0.1) is 0 Å². The molecule has 0 aromatic heterocycles. The molecule has 0 aliphatic rings. The van der Waals surface area contributed by atoms with Crippen LogP contribution in [0.25, 0.3) is 0 Å². The van der Waals surface area contributed by atoms with E-state index in [1.807, 2.05) is 33.3 Å². The molecule has 0 aliphatic heterocycles. The highest BCUT2D eigenvalue weighted by Crippen LogP contribution is 2.43. The molecule has 0 aromatic carbocycles. The molecule has 3 unspecified atom stereocenters. The summed E-state index contributed by atoms with van der Waals surface area (Å²) in [7, 11) is 1.50. The monoisotopic (exact) mass is 1130 g/mol. The van der Waals surface area contributed by atoms with E-state index in [1.54, 1.807) is 0 Å². The Hall–Kier alpha value is -2.29. The van der Waals surface area contributed by atoms with Crippen molar-refractivity contribution < 1.29 is 37.3 Å². The highest BCUT2D eigenvalue weighted by molar-refractivity contribution is 7.47. The van der Waals surface area contributed by atoms with Crippen LogP contribution in [0.5, 0.6) is 0 Å². The molecule has 0 heterocycles. The lowest BCUT2D eigenvalue weighted by molar-refractivity contribution is -0.870. The van der Waals surface area contributed by atoms with E-state index in [9.17, 15) is 19.0 Å². The normalized spacial score (nSPS) is 14.0. The fraction of sp³-hybridized carbons (Fsp3) is 0.826. The van der Waals surface area contributed by atoms with E-state index in [2.05, 4.69) is 74.7 Å². The average Bonchev–Trinajstić information content (AvgIpc) is 3.41. The number of amides is 1. The number of ether oxygens (including phenoxy) is 1. The van der Waals surface area contributed by atoms with Gasteiger partial charge in [0.05, 0.1) is 33.8 Å². The number of allylic oxidation sites excluding steroid dienone is 9. The van der Waals surface area contributed by atoms with Crippen LogP contribution in [0.2, 0.25) is 0 Å². The maximum atomic E-state index is 13.6. The van der Waals surface area contributed by atoms with E-state index in [0.717, 1.165) is 70.6 Å². The summed E-state index contributed by atoms with van der Waals surface area (Å²) >= 11 is 0. The van der Waals surface area contributed by atoms with Crippen LogP contribution in [-0.2, 0) is 27.9 Å². The zero-order valence-electron chi connectivity index (χ0n) is 52.9. The second-order valence-electron chi connectivity index (χ2n) is 24.0. The molecular weight excluding hydrogens is 1000 g/mol. The van der Waals surface area contributed by atoms with Crippen molar-refractivity contribution in [1.82, 2.24) is 5.32 Å². The third-order valence-corrected chi connectivity index (χ3v) is 15.9. The lowest BCUT2D eigenvalue weighted by atomic mass is 10.0. The SMILES string of the molecule is CCCCC/C=C\C/C=C\C/C=C\CCCCCCCCCCCCC(=O)OC(/C=C/CCCCCCCCCCC)C(COP(=O)(O)OCC[N+](C)(C)C)NC(=O)CCCCCCCCCCC/C=C/CCCCCCCC. The zero-order chi connectivity index (χ0) is 57.9. The molecular formula is C69H130N2O7P+. The fourth-order valence-corrected chi connectivity index (χ4v) is 10.4. The second-order valence-corrected chi connectivity index (χ2v) is 25.4. The molecule has 79 heavy (non-hydrogen) atoms. The number of carbonyl (C=O) groups excluding carboxylic acids is 2. The van der Waals surface area contributed by atoms with Gasteiger partial charge in [-0.05, 0) is 96.0 Å². The summed E-state index contributed by atoms with van der Waals surface area (Å²) in [5.41, 5.74) is 0. The van der Waals surface area contributed by atoms with E-state index in [0.29, 0.717) is 17.4 Å².